The van der Waals surface area contributed by atoms with Gasteiger partial charge in [0.1, 0.15) is 17.2 Å². The molecule has 0 atom stereocenters. The van der Waals surface area contributed by atoms with E-state index < -0.39 is 0 Å². The van der Waals surface area contributed by atoms with E-state index in [2.05, 4.69) is 38.4 Å². The van der Waals surface area contributed by atoms with Crippen molar-refractivity contribution in [1.29, 1.82) is 0 Å². The van der Waals surface area contributed by atoms with Crippen LogP contribution in [-0.2, 0) is 6.54 Å². The van der Waals surface area contributed by atoms with Crippen LogP contribution in [0.25, 0.3) is 0 Å². The lowest BCUT2D eigenvalue weighted by Crippen LogP contribution is -2.09. The van der Waals surface area contributed by atoms with Crippen molar-refractivity contribution < 1.29 is 0 Å². The molecule has 1 aromatic carbocycles. The van der Waals surface area contributed by atoms with Crippen LogP contribution in [-0.4, -0.2) is 24.1 Å². The summed E-state index contributed by atoms with van der Waals surface area (Å²) in [5.74, 6) is 0.655. The van der Waals surface area contributed by atoms with E-state index in [4.69, 9.17) is 11.6 Å². The van der Waals surface area contributed by atoms with E-state index in [-0.39, 0.29) is 0 Å². The van der Waals surface area contributed by atoms with Crippen molar-refractivity contribution in [3.63, 3.8) is 0 Å². The fourth-order valence-electron chi connectivity index (χ4n) is 1.57. The van der Waals surface area contributed by atoms with Gasteiger partial charge in [-0.3, -0.25) is 0 Å². The lowest BCUT2D eigenvalue weighted by Gasteiger charge is -2.14. The van der Waals surface area contributed by atoms with Gasteiger partial charge in [0.25, 0.3) is 0 Å². The molecule has 1 aromatic heterocycles. The predicted molar refractivity (Wildman–Crippen MR) is 75.1 cm³/mol. The largest absolute Gasteiger partial charge is 0.378 e. The molecular formula is C13H15ClN4. The van der Waals surface area contributed by atoms with Gasteiger partial charge < -0.3 is 10.2 Å². The van der Waals surface area contributed by atoms with Crippen molar-refractivity contribution in [3.05, 3.63) is 47.4 Å². The number of anilines is 2. The minimum atomic E-state index is 0.529. The monoisotopic (exact) mass is 262 g/mol. The van der Waals surface area contributed by atoms with Crippen LogP contribution >= 0.6 is 11.6 Å². The normalized spacial score (nSPS) is 10.2. The maximum atomic E-state index is 5.98. The van der Waals surface area contributed by atoms with Crippen molar-refractivity contribution in [2.75, 3.05) is 24.3 Å². The molecule has 0 unspecified atom stereocenters. The average molecular weight is 263 g/mol. The Bertz CT molecular complexity index is 528. The van der Waals surface area contributed by atoms with Crippen LogP contribution in [0.2, 0.25) is 5.02 Å². The fraction of sp³-hybridized carbons (Fsp3) is 0.231. The maximum absolute atomic E-state index is 5.98. The lowest BCUT2D eigenvalue weighted by atomic mass is 10.2. The summed E-state index contributed by atoms with van der Waals surface area (Å²) in [6, 6.07) is 8.30. The van der Waals surface area contributed by atoms with Crippen LogP contribution in [0.4, 0.5) is 11.5 Å². The molecule has 0 fully saturated rings. The maximum Gasteiger partial charge on any atom is 0.148 e. The second-order valence-electron chi connectivity index (χ2n) is 4.14. The van der Waals surface area contributed by atoms with Gasteiger partial charge in [0.2, 0.25) is 0 Å². The molecule has 18 heavy (non-hydrogen) atoms. The lowest BCUT2D eigenvalue weighted by molar-refractivity contribution is 1.07. The van der Waals surface area contributed by atoms with E-state index in [1.54, 1.807) is 6.20 Å². The summed E-state index contributed by atoms with van der Waals surface area (Å²) in [4.78, 5) is 10.0. The van der Waals surface area contributed by atoms with Crippen LogP contribution in [0.3, 0.4) is 0 Å². The SMILES string of the molecule is CN(C)c1cccc(CNc2ncncc2Cl)c1. The van der Waals surface area contributed by atoms with Crippen LogP contribution in [0.1, 0.15) is 5.56 Å². The van der Waals surface area contributed by atoms with Crippen molar-refractivity contribution >= 4 is 23.1 Å². The molecule has 2 rings (SSSR count). The predicted octanol–water partition coefficient (Wildman–Crippen LogP) is 2.81. The third kappa shape index (κ3) is 3.11. The molecule has 0 saturated heterocycles. The number of nitrogens with zero attached hydrogens (tertiary/aromatic N) is 3. The summed E-state index contributed by atoms with van der Waals surface area (Å²) in [5, 5.41) is 3.72. The van der Waals surface area contributed by atoms with Gasteiger partial charge in [-0.2, -0.15) is 0 Å². The molecule has 0 spiro atoms. The van der Waals surface area contributed by atoms with Crippen LogP contribution in [0.15, 0.2) is 36.8 Å². The molecule has 0 amide bonds. The van der Waals surface area contributed by atoms with Gasteiger partial charge in [-0.25, -0.2) is 9.97 Å². The highest BCUT2D eigenvalue weighted by atomic mass is 35.5. The molecule has 0 saturated carbocycles. The number of halogens is 1. The van der Waals surface area contributed by atoms with E-state index in [0.717, 1.165) is 0 Å². The summed E-state index contributed by atoms with van der Waals surface area (Å²) in [6.07, 6.45) is 3.05. The van der Waals surface area contributed by atoms with E-state index in [9.17, 15) is 0 Å². The van der Waals surface area contributed by atoms with Gasteiger partial charge >= 0.3 is 0 Å². The van der Waals surface area contributed by atoms with Crippen molar-refractivity contribution in [2.45, 2.75) is 6.54 Å². The molecule has 4 nitrogen and oxygen atoms in total. The number of benzene rings is 1. The second kappa shape index (κ2) is 5.69. The zero-order valence-corrected chi connectivity index (χ0v) is 11.1. The van der Waals surface area contributed by atoms with Crippen LogP contribution in [0.5, 0.6) is 0 Å². The number of hydrogen-bond acceptors (Lipinski definition) is 4. The molecule has 1 N–H and O–H groups in total. The van der Waals surface area contributed by atoms with Gasteiger partial charge in [-0.1, -0.05) is 23.7 Å². The Hall–Kier alpha value is -1.81. The van der Waals surface area contributed by atoms with Gasteiger partial charge in [-0.05, 0) is 17.7 Å². The van der Waals surface area contributed by atoms with Crippen molar-refractivity contribution in [1.82, 2.24) is 9.97 Å². The Kier molecular flexibility index (Phi) is 3.99. The summed E-state index contributed by atoms with van der Waals surface area (Å²) < 4.78 is 0. The third-order valence-corrected chi connectivity index (χ3v) is 2.83. The summed E-state index contributed by atoms with van der Waals surface area (Å²) in [5.41, 5.74) is 2.35. The van der Waals surface area contributed by atoms with Crippen molar-refractivity contribution in [3.8, 4) is 0 Å². The minimum absolute atomic E-state index is 0.529. The highest BCUT2D eigenvalue weighted by Crippen LogP contribution is 2.18. The van der Waals surface area contributed by atoms with Gasteiger partial charge in [0.05, 0.1) is 6.20 Å². The summed E-state index contributed by atoms with van der Waals surface area (Å²) in [6.45, 7) is 0.679. The standard InChI is InChI=1S/C13H15ClN4/c1-18(2)11-5-3-4-10(6-11)7-16-13-12(14)8-15-9-17-13/h3-6,8-9H,7H2,1-2H3,(H,15,16,17). The van der Waals surface area contributed by atoms with Gasteiger partial charge in [0, 0.05) is 26.3 Å². The summed E-state index contributed by atoms with van der Waals surface area (Å²) in [7, 11) is 4.04. The Morgan fingerprint density at radius 1 is 1.33 bits per heavy atom. The topological polar surface area (TPSA) is 41.0 Å². The Labute approximate surface area is 112 Å². The van der Waals surface area contributed by atoms with E-state index in [1.165, 1.54) is 17.6 Å². The molecule has 94 valence electrons. The molecule has 0 bridgehead atoms. The molecule has 1 heterocycles. The van der Waals surface area contributed by atoms with Crippen LogP contribution in [0, 0.1) is 0 Å². The van der Waals surface area contributed by atoms with E-state index in [1.807, 2.05) is 20.2 Å². The number of nitrogens with one attached hydrogen (secondary N) is 1. The van der Waals surface area contributed by atoms with Crippen molar-refractivity contribution in [2.24, 2.45) is 0 Å². The molecule has 5 heteroatoms. The van der Waals surface area contributed by atoms with E-state index in [0.29, 0.717) is 17.4 Å². The van der Waals surface area contributed by atoms with Gasteiger partial charge in [0.15, 0.2) is 0 Å². The number of rotatable bonds is 4. The Balaban J connectivity index is 2.07. The average Bonchev–Trinajstić information content (AvgIpc) is 2.38. The first-order valence-electron chi connectivity index (χ1n) is 5.62. The first kappa shape index (κ1) is 12.6. The second-order valence-corrected chi connectivity index (χ2v) is 4.54. The number of hydrogen-bond donors (Lipinski definition) is 1. The highest BCUT2D eigenvalue weighted by Gasteiger charge is 2.02. The molecule has 0 aliphatic heterocycles. The molecule has 2 aromatic rings. The Morgan fingerprint density at radius 3 is 2.89 bits per heavy atom. The fourth-order valence-corrected chi connectivity index (χ4v) is 1.75. The molecule has 0 radical (unpaired) electrons. The minimum Gasteiger partial charge on any atom is -0.378 e. The molecule has 0 aliphatic carbocycles. The van der Waals surface area contributed by atoms with Crippen LogP contribution < -0.4 is 10.2 Å². The highest BCUT2D eigenvalue weighted by molar-refractivity contribution is 6.32. The van der Waals surface area contributed by atoms with Gasteiger partial charge in [-0.15, -0.1) is 0 Å². The Morgan fingerprint density at radius 2 is 2.17 bits per heavy atom. The molecule has 0 aliphatic rings. The number of aromatic nitrogens is 2. The smallest absolute Gasteiger partial charge is 0.148 e. The first-order valence-corrected chi connectivity index (χ1v) is 6.00. The zero-order valence-electron chi connectivity index (χ0n) is 10.4. The molecular weight excluding hydrogens is 248 g/mol. The third-order valence-electron chi connectivity index (χ3n) is 2.55. The quantitative estimate of drug-likeness (QED) is 0.920. The summed E-state index contributed by atoms with van der Waals surface area (Å²) >= 11 is 5.98. The zero-order chi connectivity index (χ0) is 13.0. The van der Waals surface area contributed by atoms with E-state index >= 15 is 0 Å². The first-order chi connectivity index (χ1) is 8.66.